The summed E-state index contributed by atoms with van der Waals surface area (Å²) in [7, 11) is 0. The van der Waals surface area contributed by atoms with Gasteiger partial charge in [0.2, 0.25) is 0 Å². The van der Waals surface area contributed by atoms with Crippen LogP contribution in [0.5, 0.6) is 0 Å². The second kappa shape index (κ2) is 10.1. The van der Waals surface area contributed by atoms with Gasteiger partial charge in [-0.1, -0.05) is 24.0 Å². The van der Waals surface area contributed by atoms with Crippen molar-refractivity contribution in [3.8, 4) is 34.6 Å². The minimum Gasteiger partial charge on any atom is -0.394 e. The van der Waals surface area contributed by atoms with Crippen LogP contribution in [0, 0.1) is 11.8 Å². The van der Waals surface area contributed by atoms with Crippen molar-refractivity contribution in [2.75, 3.05) is 6.61 Å². The van der Waals surface area contributed by atoms with Gasteiger partial charge in [0.1, 0.15) is 17.9 Å². The van der Waals surface area contributed by atoms with Crippen LogP contribution in [0.25, 0.3) is 22.8 Å². The minimum absolute atomic E-state index is 0.0377. The Morgan fingerprint density at radius 2 is 1.67 bits per heavy atom. The molecular weight excluding hydrogens is 462 g/mol. The Bertz CT molecular complexity index is 1500. The van der Waals surface area contributed by atoms with Crippen LogP contribution in [0.15, 0.2) is 76.7 Å². The van der Waals surface area contributed by atoms with Crippen LogP contribution < -0.4 is 11.2 Å². The van der Waals surface area contributed by atoms with Crippen molar-refractivity contribution in [1.82, 2.24) is 24.5 Å². The molecule has 3 atom stereocenters. The van der Waals surface area contributed by atoms with Gasteiger partial charge in [-0.05, 0) is 36.4 Å². The van der Waals surface area contributed by atoms with Crippen molar-refractivity contribution in [2.45, 2.75) is 24.9 Å². The van der Waals surface area contributed by atoms with Crippen molar-refractivity contribution in [1.29, 1.82) is 0 Å². The van der Waals surface area contributed by atoms with E-state index in [2.05, 4.69) is 31.8 Å². The quantitative estimate of drug-likeness (QED) is 0.366. The minimum atomic E-state index is -0.930. The molecule has 0 bridgehead atoms. The first-order valence-corrected chi connectivity index (χ1v) is 11.2. The van der Waals surface area contributed by atoms with E-state index in [0.717, 1.165) is 4.57 Å². The Morgan fingerprint density at radius 3 is 2.22 bits per heavy atom. The number of rotatable bonds is 4. The van der Waals surface area contributed by atoms with Gasteiger partial charge in [0.15, 0.2) is 0 Å². The lowest BCUT2D eigenvalue weighted by Gasteiger charge is -2.14. The van der Waals surface area contributed by atoms with Gasteiger partial charge in [0, 0.05) is 30.6 Å². The predicted octanol–water partition coefficient (Wildman–Crippen LogP) is 1.10. The summed E-state index contributed by atoms with van der Waals surface area (Å²) in [5.41, 5.74) is 1.74. The molecule has 0 spiro atoms. The zero-order valence-corrected chi connectivity index (χ0v) is 18.9. The number of aliphatic hydroxyl groups excluding tert-OH is 2. The molecule has 10 nitrogen and oxygen atoms in total. The molecule has 1 saturated heterocycles. The monoisotopic (exact) mass is 483 g/mol. The van der Waals surface area contributed by atoms with Crippen molar-refractivity contribution >= 4 is 0 Å². The van der Waals surface area contributed by atoms with Gasteiger partial charge < -0.3 is 14.9 Å². The number of pyridine rings is 3. The molecule has 1 aliphatic heterocycles. The van der Waals surface area contributed by atoms with E-state index < -0.39 is 29.7 Å². The molecule has 4 aromatic rings. The van der Waals surface area contributed by atoms with Gasteiger partial charge >= 0.3 is 5.69 Å². The zero-order valence-electron chi connectivity index (χ0n) is 18.9. The van der Waals surface area contributed by atoms with Crippen LogP contribution in [-0.2, 0) is 4.74 Å². The van der Waals surface area contributed by atoms with Crippen LogP contribution in [0.4, 0.5) is 0 Å². The predicted molar refractivity (Wildman–Crippen MR) is 130 cm³/mol. The van der Waals surface area contributed by atoms with E-state index in [9.17, 15) is 19.8 Å². The Balaban J connectivity index is 1.55. The lowest BCUT2D eigenvalue weighted by Crippen LogP contribution is -2.33. The highest BCUT2D eigenvalue weighted by Gasteiger charge is 2.35. The van der Waals surface area contributed by atoms with Gasteiger partial charge in [0.05, 0.1) is 35.5 Å². The van der Waals surface area contributed by atoms with Gasteiger partial charge in [-0.25, -0.2) is 9.78 Å². The summed E-state index contributed by atoms with van der Waals surface area (Å²) in [6, 6.07) is 14.5. The second-order valence-electron chi connectivity index (χ2n) is 8.13. The number of nitrogens with zero attached hydrogens (tertiary/aromatic N) is 4. The first-order valence-electron chi connectivity index (χ1n) is 11.2. The molecule has 0 aromatic carbocycles. The first kappa shape index (κ1) is 23.3. The van der Waals surface area contributed by atoms with E-state index >= 15 is 0 Å². The molecule has 0 amide bonds. The third-order valence-corrected chi connectivity index (χ3v) is 5.68. The summed E-state index contributed by atoms with van der Waals surface area (Å²) < 4.78 is 6.71. The number of aliphatic hydroxyl groups is 2. The van der Waals surface area contributed by atoms with Crippen LogP contribution in [-0.4, -0.2) is 53.5 Å². The fourth-order valence-corrected chi connectivity index (χ4v) is 3.87. The van der Waals surface area contributed by atoms with E-state index in [-0.39, 0.29) is 18.6 Å². The summed E-state index contributed by atoms with van der Waals surface area (Å²) in [5.74, 6) is 5.80. The maximum absolute atomic E-state index is 12.5. The van der Waals surface area contributed by atoms with Crippen LogP contribution in [0.2, 0.25) is 0 Å². The summed E-state index contributed by atoms with van der Waals surface area (Å²) in [4.78, 5) is 40.5. The molecule has 36 heavy (non-hydrogen) atoms. The fourth-order valence-electron chi connectivity index (χ4n) is 3.87. The second-order valence-corrected chi connectivity index (χ2v) is 8.13. The van der Waals surface area contributed by atoms with Crippen LogP contribution in [0.1, 0.15) is 23.8 Å². The normalized spacial score (nSPS) is 19.0. The molecule has 4 aromatic heterocycles. The standard InChI is InChI=1S/C26H21N5O5/c32-15-23-22(33)13-24(36-23)31-14-17(25(34)30-26(31)35)8-7-16-11-20(18-5-1-3-9-27-18)29-21(12-16)19-6-2-4-10-28-19/h1-6,9-12,14,22-24,32-33H,13,15H2,(H,30,34,35)/t22-,23-,24-/m1/s1. The number of ether oxygens (including phenoxy) is 1. The number of aromatic nitrogens is 5. The Hall–Kier alpha value is -4.43. The molecule has 180 valence electrons. The highest BCUT2D eigenvalue weighted by molar-refractivity contribution is 5.65. The smallest absolute Gasteiger partial charge is 0.330 e. The molecule has 0 aliphatic carbocycles. The lowest BCUT2D eigenvalue weighted by molar-refractivity contribution is -0.0459. The van der Waals surface area contributed by atoms with E-state index in [1.54, 1.807) is 24.5 Å². The summed E-state index contributed by atoms with van der Waals surface area (Å²) >= 11 is 0. The molecule has 0 saturated carbocycles. The van der Waals surface area contributed by atoms with Crippen molar-refractivity contribution in [3.63, 3.8) is 0 Å². The topological polar surface area (TPSA) is 143 Å². The molecule has 5 rings (SSSR count). The molecule has 0 radical (unpaired) electrons. The van der Waals surface area contributed by atoms with Gasteiger partial charge in [-0.3, -0.25) is 24.3 Å². The Morgan fingerprint density at radius 1 is 1.00 bits per heavy atom. The van der Waals surface area contributed by atoms with Gasteiger partial charge in [-0.15, -0.1) is 0 Å². The van der Waals surface area contributed by atoms with E-state index in [1.807, 2.05) is 36.4 Å². The number of aromatic amines is 1. The molecule has 5 heterocycles. The Labute approximate surface area is 204 Å². The zero-order chi connectivity index (χ0) is 25.1. The van der Waals surface area contributed by atoms with Gasteiger partial charge in [-0.2, -0.15) is 0 Å². The average molecular weight is 483 g/mol. The third kappa shape index (κ3) is 4.85. The van der Waals surface area contributed by atoms with Crippen molar-refractivity contribution in [2.24, 2.45) is 0 Å². The number of hydrogen-bond acceptors (Lipinski definition) is 8. The molecule has 1 fully saturated rings. The third-order valence-electron chi connectivity index (χ3n) is 5.68. The highest BCUT2D eigenvalue weighted by atomic mass is 16.5. The Kier molecular flexibility index (Phi) is 6.51. The largest absolute Gasteiger partial charge is 0.394 e. The van der Waals surface area contributed by atoms with Crippen molar-refractivity contribution in [3.05, 3.63) is 99.1 Å². The van der Waals surface area contributed by atoms with Crippen LogP contribution in [0.3, 0.4) is 0 Å². The summed E-state index contributed by atoms with van der Waals surface area (Å²) in [6.45, 7) is -0.387. The molecule has 3 N–H and O–H groups in total. The number of H-pyrrole nitrogens is 1. The molecule has 1 aliphatic rings. The highest BCUT2D eigenvalue weighted by Crippen LogP contribution is 2.27. The maximum Gasteiger partial charge on any atom is 0.330 e. The lowest BCUT2D eigenvalue weighted by atomic mass is 10.1. The maximum atomic E-state index is 12.5. The number of nitrogens with one attached hydrogen (secondary N) is 1. The van der Waals surface area contributed by atoms with E-state index in [4.69, 9.17) is 4.74 Å². The van der Waals surface area contributed by atoms with E-state index in [0.29, 0.717) is 28.3 Å². The average Bonchev–Trinajstić information content (AvgIpc) is 3.29. The molecule has 10 heteroatoms. The van der Waals surface area contributed by atoms with Gasteiger partial charge in [0.25, 0.3) is 5.56 Å². The summed E-state index contributed by atoms with van der Waals surface area (Å²) in [6.07, 6.45) is 2.15. The fraction of sp³-hybridized carbons (Fsp3) is 0.192. The SMILES string of the molecule is O=c1[nH]c(=O)n([C@H]2C[C@@H](O)[C@@H](CO)O2)cc1C#Cc1cc(-c2ccccn2)nc(-c2ccccn2)c1. The number of hydrogen-bond donors (Lipinski definition) is 3. The van der Waals surface area contributed by atoms with Crippen LogP contribution >= 0.6 is 0 Å². The summed E-state index contributed by atoms with van der Waals surface area (Å²) in [5, 5.41) is 19.3. The molecular formula is C26H21N5O5. The van der Waals surface area contributed by atoms with E-state index in [1.165, 1.54) is 6.20 Å². The first-order chi connectivity index (χ1) is 17.5. The molecule has 0 unspecified atom stereocenters. The van der Waals surface area contributed by atoms with Crippen molar-refractivity contribution < 1.29 is 14.9 Å².